The number of alkyl halides is 1. The van der Waals surface area contributed by atoms with Crippen molar-refractivity contribution in [3.05, 3.63) is 58.4 Å². The van der Waals surface area contributed by atoms with Gasteiger partial charge in [-0.15, -0.1) is 11.6 Å². The third-order valence-corrected chi connectivity index (χ3v) is 3.46. The molecule has 0 heterocycles. The Labute approximate surface area is 118 Å². The zero-order chi connectivity index (χ0) is 14.0. The van der Waals surface area contributed by atoms with Crippen LogP contribution in [0, 0.1) is 26.6 Å². The van der Waals surface area contributed by atoms with Crippen LogP contribution in [0.1, 0.15) is 22.3 Å². The lowest BCUT2D eigenvalue weighted by atomic mass is 10.1. The highest BCUT2D eigenvalue weighted by Gasteiger charge is 2.12. The Morgan fingerprint density at radius 3 is 2.58 bits per heavy atom. The molecule has 0 N–H and O–H groups in total. The summed E-state index contributed by atoms with van der Waals surface area (Å²) in [5.74, 6) is 0.716. The number of aryl methyl sites for hydroxylation is 2. The van der Waals surface area contributed by atoms with Crippen molar-refractivity contribution >= 4 is 11.6 Å². The normalized spacial score (nSPS) is 10.6. The highest BCUT2D eigenvalue weighted by atomic mass is 35.5. The molecule has 0 saturated heterocycles. The van der Waals surface area contributed by atoms with Crippen molar-refractivity contribution in [2.75, 3.05) is 0 Å². The number of hydrogen-bond donors (Lipinski definition) is 0. The number of benzene rings is 2. The first-order chi connectivity index (χ1) is 9.02. The molecule has 0 aliphatic rings. The summed E-state index contributed by atoms with van der Waals surface area (Å²) >= 11 is 5.83. The average Bonchev–Trinajstić information content (AvgIpc) is 2.37. The minimum Gasteiger partial charge on any atom is -0.454 e. The van der Waals surface area contributed by atoms with Crippen LogP contribution in [0.5, 0.6) is 11.5 Å². The summed E-state index contributed by atoms with van der Waals surface area (Å²) in [5, 5.41) is 0. The van der Waals surface area contributed by atoms with E-state index in [4.69, 9.17) is 16.3 Å². The molecule has 0 saturated carbocycles. The lowest BCUT2D eigenvalue weighted by molar-refractivity contribution is 0.435. The van der Waals surface area contributed by atoms with Gasteiger partial charge in [-0.05, 0) is 49.6 Å². The Hall–Kier alpha value is -1.54. The second kappa shape index (κ2) is 5.62. The Bertz CT molecular complexity index is 608. The first-order valence-electron chi connectivity index (χ1n) is 6.12. The molecule has 0 radical (unpaired) electrons. The monoisotopic (exact) mass is 278 g/mol. The van der Waals surface area contributed by atoms with E-state index in [9.17, 15) is 4.39 Å². The van der Waals surface area contributed by atoms with E-state index in [2.05, 4.69) is 6.07 Å². The average molecular weight is 279 g/mol. The molecular formula is C16H16ClFO. The van der Waals surface area contributed by atoms with Gasteiger partial charge in [-0.2, -0.15) is 0 Å². The van der Waals surface area contributed by atoms with E-state index in [1.165, 1.54) is 6.07 Å². The fraction of sp³-hybridized carbons (Fsp3) is 0.250. The summed E-state index contributed by atoms with van der Waals surface area (Å²) < 4.78 is 19.6. The van der Waals surface area contributed by atoms with Gasteiger partial charge in [-0.3, -0.25) is 0 Å². The number of halogens is 2. The van der Waals surface area contributed by atoms with Crippen molar-refractivity contribution < 1.29 is 9.13 Å². The quantitative estimate of drug-likeness (QED) is 0.694. The SMILES string of the molecule is Cc1cc(C)c(C)c(Oc2c(F)cccc2CCl)c1. The van der Waals surface area contributed by atoms with Gasteiger partial charge in [0.15, 0.2) is 11.6 Å². The van der Waals surface area contributed by atoms with E-state index in [1.807, 2.05) is 26.8 Å². The van der Waals surface area contributed by atoms with E-state index in [1.54, 1.807) is 12.1 Å². The van der Waals surface area contributed by atoms with Gasteiger partial charge in [0.25, 0.3) is 0 Å². The molecule has 2 rings (SSSR count). The smallest absolute Gasteiger partial charge is 0.167 e. The maximum Gasteiger partial charge on any atom is 0.167 e. The fourth-order valence-electron chi connectivity index (χ4n) is 1.99. The molecule has 2 aromatic rings. The van der Waals surface area contributed by atoms with Gasteiger partial charge < -0.3 is 4.74 Å². The second-order valence-corrected chi connectivity index (χ2v) is 4.94. The van der Waals surface area contributed by atoms with Crippen molar-refractivity contribution in [1.29, 1.82) is 0 Å². The second-order valence-electron chi connectivity index (χ2n) is 4.67. The van der Waals surface area contributed by atoms with E-state index >= 15 is 0 Å². The molecule has 0 atom stereocenters. The van der Waals surface area contributed by atoms with Crippen LogP contribution in [0.25, 0.3) is 0 Å². The van der Waals surface area contributed by atoms with Crippen LogP contribution in [0.3, 0.4) is 0 Å². The van der Waals surface area contributed by atoms with Gasteiger partial charge >= 0.3 is 0 Å². The summed E-state index contributed by atoms with van der Waals surface area (Å²) in [6.45, 7) is 5.97. The summed E-state index contributed by atoms with van der Waals surface area (Å²) in [4.78, 5) is 0. The molecule has 0 amide bonds. The van der Waals surface area contributed by atoms with Crippen LogP contribution in [0.2, 0.25) is 0 Å². The molecule has 100 valence electrons. The van der Waals surface area contributed by atoms with Crippen LogP contribution in [0.15, 0.2) is 30.3 Å². The number of hydrogen-bond acceptors (Lipinski definition) is 1. The third kappa shape index (κ3) is 2.90. The Morgan fingerprint density at radius 1 is 1.16 bits per heavy atom. The molecule has 0 spiro atoms. The third-order valence-electron chi connectivity index (χ3n) is 3.17. The van der Waals surface area contributed by atoms with E-state index in [-0.39, 0.29) is 11.6 Å². The predicted molar refractivity (Wildman–Crippen MR) is 76.7 cm³/mol. The Morgan fingerprint density at radius 2 is 1.89 bits per heavy atom. The van der Waals surface area contributed by atoms with Gasteiger partial charge in [0.2, 0.25) is 0 Å². The topological polar surface area (TPSA) is 9.23 Å². The van der Waals surface area contributed by atoms with Gasteiger partial charge in [0.05, 0.1) is 5.88 Å². The molecule has 2 aromatic carbocycles. The lowest BCUT2D eigenvalue weighted by Gasteiger charge is -2.14. The molecule has 0 bridgehead atoms. The molecule has 0 unspecified atom stereocenters. The van der Waals surface area contributed by atoms with Crippen LogP contribution in [-0.2, 0) is 5.88 Å². The zero-order valence-electron chi connectivity index (χ0n) is 11.3. The fourth-order valence-corrected chi connectivity index (χ4v) is 2.20. The van der Waals surface area contributed by atoms with E-state index < -0.39 is 5.82 Å². The zero-order valence-corrected chi connectivity index (χ0v) is 12.0. The summed E-state index contributed by atoms with van der Waals surface area (Å²) in [6, 6.07) is 8.76. The summed E-state index contributed by atoms with van der Waals surface area (Å²) in [6.07, 6.45) is 0. The van der Waals surface area contributed by atoms with Gasteiger partial charge in [-0.25, -0.2) is 4.39 Å². The minimum absolute atomic E-state index is 0.214. The molecule has 3 heteroatoms. The van der Waals surface area contributed by atoms with Crippen molar-refractivity contribution in [1.82, 2.24) is 0 Å². The molecule has 0 aromatic heterocycles. The largest absolute Gasteiger partial charge is 0.454 e. The maximum atomic E-state index is 13.9. The first-order valence-corrected chi connectivity index (χ1v) is 6.65. The standard InChI is InChI=1S/C16H16ClFO/c1-10-7-11(2)12(3)15(8-10)19-16-13(9-17)5-4-6-14(16)18/h4-8H,9H2,1-3H3. The van der Waals surface area contributed by atoms with Crippen LogP contribution >= 0.6 is 11.6 Å². The Kier molecular flexibility index (Phi) is 4.11. The minimum atomic E-state index is -0.392. The van der Waals surface area contributed by atoms with E-state index in [0.29, 0.717) is 11.3 Å². The Balaban J connectivity index is 2.47. The highest BCUT2D eigenvalue weighted by Crippen LogP contribution is 2.33. The maximum absolute atomic E-state index is 13.9. The van der Waals surface area contributed by atoms with Crippen LogP contribution < -0.4 is 4.74 Å². The predicted octanol–water partition coefficient (Wildman–Crippen LogP) is 5.28. The van der Waals surface area contributed by atoms with Gasteiger partial charge in [0.1, 0.15) is 5.75 Å². The van der Waals surface area contributed by atoms with Gasteiger partial charge in [-0.1, -0.05) is 18.2 Å². The first kappa shape index (κ1) is 13.9. The van der Waals surface area contributed by atoms with Crippen LogP contribution in [0.4, 0.5) is 4.39 Å². The lowest BCUT2D eigenvalue weighted by Crippen LogP contribution is -1.96. The highest BCUT2D eigenvalue weighted by molar-refractivity contribution is 6.17. The molecule has 19 heavy (non-hydrogen) atoms. The molecule has 0 fully saturated rings. The molecule has 1 nitrogen and oxygen atoms in total. The van der Waals surface area contributed by atoms with Crippen molar-refractivity contribution in [3.63, 3.8) is 0 Å². The number of ether oxygens (including phenoxy) is 1. The molecule has 0 aliphatic heterocycles. The van der Waals surface area contributed by atoms with Crippen molar-refractivity contribution in [2.24, 2.45) is 0 Å². The van der Waals surface area contributed by atoms with Crippen LogP contribution in [-0.4, -0.2) is 0 Å². The van der Waals surface area contributed by atoms with E-state index in [0.717, 1.165) is 16.7 Å². The molecular weight excluding hydrogens is 263 g/mol. The summed E-state index contributed by atoms with van der Waals surface area (Å²) in [7, 11) is 0. The number of para-hydroxylation sites is 1. The molecule has 0 aliphatic carbocycles. The van der Waals surface area contributed by atoms with Crippen molar-refractivity contribution in [3.8, 4) is 11.5 Å². The summed E-state index contributed by atoms with van der Waals surface area (Å²) in [5.41, 5.74) is 3.87. The van der Waals surface area contributed by atoms with Gasteiger partial charge in [0, 0.05) is 5.56 Å². The van der Waals surface area contributed by atoms with Crippen molar-refractivity contribution in [2.45, 2.75) is 26.7 Å². The number of rotatable bonds is 3.